The van der Waals surface area contributed by atoms with E-state index >= 15 is 0 Å². The number of carboxylic acid groups (broad SMARTS) is 1. The van der Waals surface area contributed by atoms with Crippen molar-refractivity contribution in [2.75, 3.05) is 6.54 Å². The number of carboxylic acids is 1. The van der Waals surface area contributed by atoms with E-state index < -0.39 is 30.5 Å². The highest BCUT2D eigenvalue weighted by molar-refractivity contribution is 6.21. The SMILES string of the molecule is O=C(O)c1ccc2c(c1)C(=O)N(CC(F)(F)F)C2=O. The second kappa shape index (κ2) is 4.08. The molecule has 0 radical (unpaired) electrons. The second-order valence-corrected chi connectivity index (χ2v) is 3.88. The molecule has 19 heavy (non-hydrogen) atoms. The lowest BCUT2D eigenvalue weighted by atomic mass is 10.1. The van der Waals surface area contributed by atoms with E-state index in [2.05, 4.69) is 0 Å². The molecule has 0 bridgehead atoms. The summed E-state index contributed by atoms with van der Waals surface area (Å²) < 4.78 is 36.7. The number of imide groups is 1. The lowest BCUT2D eigenvalue weighted by Crippen LogP contribution is -2.38. The van der Waals surface area contributed by atoms with Gasteiger partial charge in [0.05, 0.1) is 16.7 Å². The lowest BCUT2D eigenvalue weighted by Gasteiger charge is -2.15. The van der Waals surface area contributed by atoms with Crippen LogP contribution in [0.3, 0.4) is 0 Å². The number of hydrogen-bond donors (Lipinski definition) is 1. The summed E-state index contributed by atoms with van der Waals surface area (Å²) in [6.45, 7) is -1.69. The molecule has 0 aromatic heterocycles. The number of amides is 2. The molecule has 5 nitrogen and oxygen atoms in total. The average molecular weight is 273 g/mol. The minimum Gasteiger partial charge on any atom is -0.478 e. The Morgan fingerprint density at radius 1 is 1.16 bits per heavy atom. The molecule has 2 rings (SSSR count). The van der Waals surface area contributed by atoms with Crippen LogP contribution in [0.1, 0.15) is 31.1 Å². The lowest BCUT2D eigenvalue weighted by molar-refractivity contribution is -0.136. The fraction of sp³-hybridized carbons (Fsp3) is 0.182. The highest BCUT2D eigenvalue weighted by Crippen LogP contribution is 2.27. The molecule has 0 saturated carbocycles. The number of alkyl halides is 3. The van der Waals surface area contributed by atoms with Crippen LogP contribution in [0.4, 0.5) is 13.2 Å². The summed E-state index contributed by atoms with van der Waals surface area (Å²) in [5.74, 6) is -3.55. The van der Waals surface area contributed by atoms with Gasteiger partial charge in [-0.1, -0.05) is 0 Å². The Bertz CT molecular complexity index is 594. The second-order valence-electron chi connectivity index (χ2n) is 3.88. The van der Waals surface area contributed by atoms with E-state index in [9.17, 15) is 27.6 Å². The van der Waals surface area contributed by atoms with E-state index in [4.69, 9.17) is 5.11 Å². The number of carbonyl (C=O) groups excluding carboxylic acids is 2. The summed E-state index contributed by atoms with van der Waals surface area (Å²) in [5, 5.41) is 8.73. The van der Waals surface area contributed by atoms with E-state index in [1.165, 1.54) is 0 Å². The van der Waals surface area contributed by atoms with Gasteiger partial charge in [0.2, 0.25) is 0 Å². The van der Waals surface area contributed by atoms with Gasteiger partial charge in [-0.3, -0.25) is 14.5 Å². The van der Waals surface area contributed by atoms with Crippen LogP contribution in [0.5, 0.6) is 0 Å². The van der Waals surface area contributed by atoms with Crippen LogP contribution in [0.15, 0.2) is 18.2 Å². The third kappa shape index (κ3) is 2.28. The first-order valence-electron chi connectivity index (χ1n) is 5.01. The number of nitrogens with zero attached hydrogens (tertiary/aromatic N) is 1. The van der Waals surface area contributed by atoms with Crippen molar-refractivity contribution in [1.82, 2.24) is 4.90 Å². The van der Waals surface area contributed by atoms with Gasteiger partial charge < -0.3 is 5.11 Å². The zero-order chi connectivity index (χ0) is 14.4. The average Bonchev–Trinajstić information content (AvgIpc) is 2.52. The molecule has 100 valence electrons. The number of hydrogen-bond acceptors (Lipinski definition) is 3. The number of carbonyl (C=O) groups is 3. The highest BCUT2D eigenvalue weighted by Gasteiger charge is 2.42. The van der Waals surface area contributed by atoms with Gasteiger partial charge in [0, 0.05) is 0 Å². The van der Waals surface area contributed by atoms with Crippen LogP contribution in [0.2, 0.25) is 0 Å². The molecule has 0 spiro atoms. The first-order chi connectivity index (χ1) is 8.70. The van der Waals surface area contributed by atoms with E-state index in [1.807, 2.05) is 0 Å². The molecule has 1 aromatic carbocycles. The van der Waals surface area contributed by atoms with E-state index in [-0.39, 0.29) is 21.6 Å². The maximum absolute atomic E-state index is 12.2. The third-order valence-corrected chi connectivity index (χ3v) is 2.56. The van der Waals surface area contributed by atoms with Crippen LogP contribution in [0.25, 0.3) is 0 Å². The minimum absolute atomic E-state index is 0.0519. The first-order valence-corrected chi connectivity index (χ1v) is 5.01. The molecule has 0 saturated heterocycles. The quantitative estimate of drug-likeness (QED) is 0.829. The summed E-state index contributed by atoms with van der Waals surface area (Å²) in [6, 6.07) is 2.99. The van der Waals surface area contributed by atoms with Crippen LogP contribution in [-0.4, -0.2) is 40.5 Å². The van der Waals surface area contributed by atoms with Gasteiger partial charge in [0.1, 0.15) is 6.54 Å². The maximum Gasteiger partial charge on any atom is 0.406 e. The normalized spacial score (nSPS) is 14.8. The fourth-order valence-electron chi connectivity index (χ4n) is 1.75. The zero-order valence-electron chi connectivity index (χ0n) is 9.19. The maximum atomic E-state index is 12.2. The number of rotatable bonds is 2. The number of benzene rings is 1. The summed E-state index contributed by atoms with van der Waals surface area (Å²) in [5.41, 5.74) is -0.817. The first kappa shape index (κ1) is 13.1. The highest BCUT2D eigenvalue weighted by atomic mass is 19.4. The Balaban J connectivity index is 2.42. The number of aromatic carboxylic acids is 1. The van der Waals surface area contributed by atoms with E-state index in [0.29, 0.717) is 0 Å². The van der Waals surface area contributed by atoms with Crippen molar-refractivity contribution < 1.29 is 32.7 Å². The summed E-state index contributed by atoms with van der Waals surface area (Å²) in [4.78, 5) is 34.1. The Morgan fingerprint density at radius 2 is 1.74 bits per heavy atom. The molecule has 8 heteroatoms. The summed E-state index contributed by atoms with van der Waals surface area (Å²) in [7, 11) is 0. The fourth-order valence-corrected chi connectivity index (χ4v) is 1.75. The van der Waals surface area contributed by atoms with Gasteiger partial charge in [0.15, 0.2) is 0 Å². The van der Waals surface area contributed by atoms with Crippen molar-refractivity contribution in [3.63, 3.8) is 0 Å². The number of fused-ring (bicyclic) bond motifs is 1. The topological polar surface area (TPSA) is 74.7 Å². The van der Waals surface area contributed by atoms with Gasteiger partial charge >= 0.3 is 12.1 Å². The number of halogens is 3. The Morgan fingerprint density at radius 3 is 2.26 bits per heavy atom. The zero-order valence-corrected chi connectivity index (χ0v) is 9.19. The smallest absolute Gasteiger partial charge is 0.406 e. The molecule has 1 heterocycles. The molecule has 0 aliphatic carbocycles. The minimum atomic E-state index is -4.71. The van der Waals surface area contributed by atoms with Crippen molar-refractivity contribution in [2.24, 2.45) is 0 Å². The van der Waals surface area contributed by atoms with Crippen molar-refractivity contribution in [2.45, 2.75) is 6.18 Å². The standard InChI is InChI=1S/C11H6F3NO4/c12-11(13,14)4-15-8(16)6-2-1-5(10(18)19)3-7(6)9(15)17/h1-3H,4H2,(H,18,19). The van der Waals surface area contributed by atoms with Crippen molar-refractivity contribution in [1.29, 1.82) is 0 Å². The van der Waals surface area contributed by atoms with Crippen LogP contribution >= 0.6 is 0 Å². The van der Waals surface area contributed by atoms with Crippen LogP contribution < -0.4 is 0 Å². The predicted molar refractivity (Wildman–Crippen MR) is 54.8 cm³/mol. The van der Waals surface area contributed by atoms with Crippen molar-refractivity contribution >= 4 is 17.8 Å². The van der Waals surface area contributed by atoms with E-state index in [1.54, 1.807) is 0 Å². The molecular formula is C11H6F3NO4. The molecule has 0 unspecified atom stereocenters. The third-order valence-electron chi connectivity index (χ3n) is 2.56. The van der Waals surface area contributed by atoms with Crippen LogP contribution in [-0.2, 0) is 0 Å². The monoisotopic (exact) mass is 273 g/mol. The molecule has 1 N–H and O–H groups in total. The van der Waals surface area contributed by atoms with Gasteiger partial charge in [-0.05, 0) is 18.2 Å². The predicted octanol–water partition coefficient (Wildman–Crippen LogP) is 1.54. The molecule has 0 fully saturated rings. The Kier molecular flexibility index (Phi) is 2.80. The molecule has 1 aromatic rings. The summed E-state index contributed by atoms with van der Waals surface area (Å²) in [6.07, 6.45) is -4.71. The van der Waals surface area contributed by atoms with Gasteiger partial charge in [-0.2, -0.15) is 13.2 Å². The molecular weight excluding hydrogens is 267 g/mol. The van der Waals surface area contributed by atoms with Crippen molar-refractivity contribution in [3.8, 4) is 0 Å². The molecule has 1 aliphatic rings. The molecule has 2 amide bonds. The van der Waals surface area contributed by atoms with Gasteiger partial charge in [0.25, 0.3) is 11.8 Å². The summed E-state index contributed by atoms with van der Waals surface area (Å²) >= 11 is 0. The Labute approximate surface area is 104 Å². The van der Waals surface area contributed by atoms with Gasteiger partial charge in [-0.15, -0.1) is 0 Å². The molecule has 0 atom stereocenters. The largest absolute Gasteiger partial charge is 0.478 e. The van der Waals surface area contributed by atoms with Crippen LogP contribution in [0, 0.1) is 0 Å². The molecule has 1 aliphatic heterocycles. The van der Waals surface area contributed by atoms with Gasteiger partial charge in [-0.25, -0.2) is 4.79 Å². The van der Waals surface area contributed by atoms with Crippen molar-refractivity contribution in [3.05, 3.63) is 34.9 Å². The Hall–Kier alpha value is -2.38. The van der Waals surface area contributed by atoms with E-state index in [0.717, 1.165) is 18.2 Å².